The van der Waals surface area contributed by atoms with Crippen LogP contribution in [0.4, 0.5) is 0 Å². The van der Waals surface area contributed by atoms with E-state index < -0.39 is 36.8 Å². The summed E-state index contributed by atoms with van der Waals surface area (Å²) in [7, 11) is 0. The normalized spacial score (nSPS) is 12.6. The number of carbonyl (C=O) groups excluding carboxylic acids is 4. The summed E-state index contributed by atoms with van der Waals surface area (Å²) in [6, 6.07) is 6.27. The molecule has 1 aliphatic heterocycles. The number of hydrogen-bond acceptors (Lipinski definition) is 5. The molecule has 112 valence electrons. The monoisotopic (exact) mass is 300 g/mol. The summed E-state index contributed by atoms with van der Waals surface area (Å²) in [5.41, 5.74) is 0.485. The number of rotatable bonds is 5. The number of amides is 3. The van der Waals surface area contributed by atoms with Crippen LogP contribution >= 0.6 is 0 Å². The van der Waals surface area contributed by atoms with E-state index in [1.165, 1.54) is 12.1 Å². The Morgan fingerprint density at radius 3 is 2.32 bits per heavy atom. The highest BCUT2D eigenvalue weighted by Crippen LogP contribution is 2.21. The molecule has 0 bridgehead atoms. The number of carbonyl (C=O) groups is 4. The zero-order valence-electron chi connectivity index (χ0n) is 11.5. The number of fused-ring (bicyclic) bond motifs is 1. The Morgan fingerprint density at radius 1 is 1.18 bits per heavy atom. The minimum atomic E-state index is -0.856. The molecule has 1 heterocycles. The van der Waals surface area contributed by atoms with E-state index >= 15 is 0 Å². The Hall–Kier alpha value is -3.14. The molecule has 0 fully saturated rings. The summed E-state index contributed by atoms with van der Waals surface area (Å²) in [5, 5.41) is 2.31. The lowest BCUT2D eigenvalue weighted by Gasteiger charge is -2.12. The lowest BCUT2D eigenvalue weighted by atomic mass is 10.1. The van der Waals surface area contributed by atoms with E-state index in [1.807, 2.05) is 0 Å². The number of imide groups is 1. The molecular formula is C15H12N2O5. The van der Waals surface area contributed by atoms with Gasteiger partial charge < -0.3 is 10.1 Å². The lowest BCUT2D eigenvalue weighted by Crippen LogP contribution is -2.37. The maximum Gasteiger partial charge on any atom is 0.326 e. The number of nitrogens with one attached hydrogen (secondary N) is 1. The molecule has 0 saturated heterocycles. The summed E-state index contributed by atoms with van der Waals surface area (Å²) in [5.74, 6) is -0.342. The number of nitrogens with zero attached hydrogens (tertiary/aromatic N) is 1. The van der Waals surface area contributed by atoms with Crippen LogP contribution in [0.15, 0.2) is 24.3 Å². The van der Waals surface area contributed by atoms with Crippen LogP contribution in [0.1, 0.15) is 20.7 Å². The van der Waals surface area contributed by atoms with Crippen molar-refractivity contribution in [2.24, 2.45) is 0 Å². The summed E-state index contributed by atoms with van der Waals surface area (Å²) < 4.78 is 4.69. The van der Waals surface area contributed by atoms with Crippen LogP contribution in [-0.2, 0) is 14.3 Å². The minimum absolute atomic E-state index is 0.0226. The van der Waals surface area contributed by atoms with Gasteiger partial charge in [0, 0.05) is 0 Å². The van der Waals surface area contributed by atoms with Crippen LogP contribution in [0.2, 0.25) is 0 Å². The minimum Gasteiger partial charge on any atom is -0.454 e. The predicted molar refractivity (Wildman–Crippen MR) is 74.6 cm³/mol. The molecule has 0 radical (unpaired) electrons. The number of benzene rings is 1. The third-order valence-corrected chi connectivity index (χ3v) is 2.92. The first-order chi connectivity index (χ1) is 10.5. The van der Waals surface area contributed by atoms with Crippen molar-refractivity contribution < 1.29 is 23.9 Å². The van der Waals surface area contributed by atoms with Gasteiger partial charge in [-0.1, -0.05) is 18.1 Å². The molecule has 0 aromatic heterocycles. The second-order valence-electron chi connectivity index (χ2n) is 4.38. The van der Waals surface area contributed by atoms with Crippen molar-refractivity contribution in [2.45, 2.75) is 0 Å². The van der Waals surface area contributed by atoms with E-state index in [1.54, 1.807) is 12.1 Å². The van der Waals surface area contributed by atoms with Crippen molar-refractivity contribution in [2.75, 3.05) is 19.7 Å². The van der Waals surface area contributed by atoms with Gasteiger partial charge in [0.1, 0.15) is 6.54 Å². The SMILES string of the molecule is C#CCNC(=O)COC(=O)CN1C(=O)c2ccccc2C1=O. The molecular weight excluding hydrogens is 288 g/mol. The first-order valence-corrected chi connectivity index (χ1v) is 6.35. The molecule has 1 aliphatic rings. The molecule has 2 rings (SSSR count). The fourth-order valence-corrected chi connectivity index (χ4v) is 1.90. The second-order valence-corrected chi connectivity index (χ2v) is 4.38. The van der Waals surface area contributed by atoms with Crippen LogP contribution in [0, 0.1) is 12.3 Å². The molecule has 0 spiro atoms. The molecule has 0 unspecified atom stereocenters. The van der Waals surface area contributed by atoms with E-state index in [0.29, 0.717) is 0 Å². The van der Waals surface area contributed by atoms with Crippen molar-refractivity contribution in [3.05, 3.63) is 35.4 Å². The molecule has 7 heteroatoms. The van der Waals surface area contributed by atoms with Gasteiger partial charge in [0.05, 0.1) is 17.7 Å². The molecule has 0 aliphatic carbocycles. The topological polar surface area (TPSA) is 92.8 Å². The van der Waals surface area contributed by atoms with Crippen molar-refractivity contribution in [3.8, 4) is 12.3 Å². The first-order valence-electron chi connectivity index (χ1n) is 6.35. The second kappa shape index (κ2) is 6.54. The average molecular weight is 300 g/mol. The van der Waals surface area contributed by atoms with Crippen LogP contribution < -0.4 is 5.32 Å². The van der Waals surface area contributed by atoms with Gasteiger partial charge >= 0.3 is 5.97 Å². The predicted octanol–water partition coefficient (Wildman–Crippen LogP) is -0.425. The van der Waals surface area contributed by atoms with Gasteiger partial charge in [-0.25, -0.2) is 0 Å². The number of terminal acetylenes is 1. The molecule has 1 aromatic carbocycles. The summed E-state index contributed by atoms with van der Waals surface area (Å²) in [6.07, 6.45) is 4.96. The molecule has 3 amide bonds. The zero-order valence-corrected chi connectivity index (χ0v) is 11.5. The van der Waals surface area contributed by atoms with E-state index in [9.17, 15) is 19.2 Å². The van der Waals surface area contributed by atoms with Crippen LogP contribution in [0.3, 0.4) is 0 Å². The number of ether oxygens (including phenoxy) is 1. The fourth-order valence-electron chi connectivity index (χ4n) is 1.90. The Bertz CT molecular complexity index is 654. The third-order valence-electron chi connectivity index (χ3n) is 2.92. The molecule has 0 atom stereocenters. The molecule has 7 nitrogen and oxygen atoms in total. The van der Waals surface area contributed by atoms with Gasteiger partial charge in [-0.05, 0) is 12.1 Å². The van der Waals surface area contributed by atoms with Gasteiger partial charge in [0.25, 0.3) is 17.7 Å². The van der Waals surface area contributed by atoms with Gasteiger partial charge in [-0.2, -0.15) is 0 Å². The van der Waals surface area contributed by atoms with Gasteiger partial charge in [-0.3, -0.25) is 24.1 Å². The van der Waals surface area contributed by atoms with Crippen molar-refractivity contribution in [1.29, 1.82) is 0 Å². The van der Waals surface area contributed by atoms with Crippen LogP contribution in [-0.4, -0.2) is 48.3 Å². The smallest absolute Gasteiger partial charge is 0.326 e. The van der Waals surface area contributed by atoms with Crippen LogP contribution in [0.25, 0.3) is 0 Å². The Balaban J connectivity index is 1.91. The highest BCUT2D eigenvalue weighted by atomic mass is 16.5. The zero-order chi connectivity index (χ0) is 16.1. The van der Waals surface area contributed by atoms with E-state index in [-0.39, 0.29) is 17.7 Å². The van der Waals surface area contributed by atoms with Crippen molar-refractivity contribution in [3.63, 3.8) is 0 Å². The van der Waals surface area contributed by atoms with Crippen molar-refractivity contribution in [1.82, 2.24) is 10.2 Å². The van der Waals surface area contributed by atoms with Crippen molar-refractivity contribution >= 4 is 23.7 Å². The van der Waals surface area contributed by atoms with E-state index in [0.717, 1.165) is 4.90 Å². The highest BCUT2D eigenvalue weighted by Gasteiger charge is 2.36. The molecule has 1 N–H and O–H groups in total. The quantitative estimate of drug-likeness (QED) is 0.453. The molecule has 0 saturated carbocycles. The maximum absolute atomic E-state index is 12.0. The summed E-state index contributed by atoms with van der Waals surface area (Å²) in [6.45, 7) is -1.05. The van der Waals surface area contributed by atoms with E-state index in [4.69, 9.17) is 11.2 Å². The molecule has 22 heavy (non-hydrogen) atoms. The Kier molecular flexibility index (Phi) is 4.53. The molecule has 1 aromatic rings. The average Bonchev–Trinajstić information content (AvgIpc) is 2.76. The first kappa shape index (κ1) is 15.3. The van der Waals surface area contributed by atoms with Gasteiger partial charge in [0.15, 0.2) is 6.61 Å². The van der Waals surface area contributed by atoms with E-state index in [2.05, 4.69) is 11.2 Å². The Morgan fingerprint density at radius 2 is 1.77 bits per heavy atom. The standard InChI is InChI=1S/C15H12N2O5/c1-2-7-16-12(18)9-22-13(19)8-17-14(20)10-5-3-4-6-11(10)15(17)21/h1,3-6H,7-9H2,(H,16,18). The number of hydrogen-bond donors (Lipinski definition) is 1. The van der Waals surface area contributed by atoms with Crippen LogP contribution in [0.5, 0.6) is 0 Å². The van der Waals surface area contributed by atoms with Gasteiger partial charge in [0.2, 0.25) is 0 Å². The highest BCUT2D eigenvalue weighted by molar-refractivity contribution is 6.22. The Labute approximate surface area is 126 Å². The largest absolute Gasteiger partial charge is 0.454 e. The maximum atomic E-state index is 12.0. The summed E-state index contributed by atoms with van der Waals surface area (Å²) in [4.78, 5) is 47.7. The fraction of sp³-hybridized carbons (Fsp3) is 0.200. The van der Waals surface area contributed by atoms with Gasteiger partial charge in [-0.15, -0.1) is 6.42 Å². The lowest BCUT2D eigenvalue weighted by molar-refractivity contribution is -0.148. The third kappa shape index (κ3) is 3.12. The number of esters is 1. The summed E-state index contributed by atoms with van der Waals surface area (Å²) >= 11 is 0.